The number of aromatic nitrogens is 1. The number of carboxylic acid groups (broad SMARTS) is 1. The van der Waals surface area contributed by atoms with E-state index in [0.717, 1.165) is 11.1 Å². The molecule has 0 aliphatic carbocycles. The number of aliphatic carboxylic acids is 1. The van der Waals surface area contributed by atoms with Crippen molar-refractivity contribution >= 4 is 5.97 Å². The maximum atomic E-state index is 11.4. The topological polar surface area (TPSA) is 50.2 Å². The van der Waals surface area contributed by atoms with E-state index in [2.05, 4.69) is 4.98 Å². The monoisotopic (exact) mass is 255 g/mol. The first-order valence-corrected chi connectivity index (χ1v) is 6.27. The van der Waals surface area contributed by atoms with Crippen LogP contribution < -0.4 is 0 Å². The molecule has 0 aliphatic rings. The van der Waals surface area contributed by atoms with Gasteiger partial charge in [0.25, 0.3) is 0 Å². The lowest BCUT2D eigenvalue weighted by molar-refractivity contribution is -0.138. The van der Waals surface area contributed by atoms with Gasteiger partial charge in [0.2, 0.25) is 0 Å². The molecule has 1 heterocycles. The number of carbonyl (C=O) groups is 1. The molecule has 0 bridgehead atoms. The zero-order valence-corrected chi connectivity index (χ0v) is 11.1. The molecule has 2 rings (SSSR count). The highest BCUT2D eigenvalue weighted by molar-refractivity contribution is 5.75. The maximum absolute atomic E-state index is 11.4. The van der Waals surface area contributed by atoms with Crippen molar-refractivity contribution in [3.63, 3.8) is 0 Å². The lowest BCUT2D eigenvalue weighted by Crippen LogP contribution is -2.16. The SMILES string of the molecule is Cc1ccc(CC(C(=O)O)c2cc(C)ccn2)cc1. The molecule has 3 nitrogen and oxygen atoms in total. The molecule has 1 unspecified atom stereocenters. The molecule has 1 N–H and O–H groups in total. The van der Waals surface area contributed by atoms with E-state index < -0.39 is 11.9 Å². The Hall–Kier alpha value is -2.16. The zero-order chi connectivity index (χ0) is 13.8. The van der Waals surface area contributed by atoms with E-state index >= 15 is 0 Å². The van der Waals surface area contributed by atoms with E-state index in [1.54, 1.807) is 6.20 Å². The summed E-state index contributed by atoms with van der Waals surface area (Å²) in [5, 5.41) is 9.39. The number of nitrogens with zero attached hydrogens (tertiary/aromatic N) is 1. The summed E-state index contributed by atoms with van der Waals surface area (Å²) in [6, 6.07) is 11.7. The van der Waals surface area contributed by atoms with Crippen LogP contribution in [0.4, 0.5) is 0 Å². The Morgan fingerprint density at radius 2 is 1.84 bits per heavy atom. The van der Waals surface area contributed by atoms with Gasteiger partial charge < -0.3 is 5.11 Å². The molecule has 3 heteroatoms. The van der Waals surface area contributed by atoms with E-state index in [1.807, 2.05) is 50.2 Å². The first-order chi connectivity index (χ1) is 9.06. The van der Waals surface area contributed by atoms with Gasteiger partial charge in [0, 0.05) is 6.20 Å². The second-order valence-electron chi connectivity index (χ2n) is 4.84. The van der Waals surface area contributed by atoms with E-state index in [-0.39, 0.29) is 0 Å². The third-order valence-electron chi connectivity index (χ3n) is 3.15. The smallest absolute Gasteiger partial charge is 0.312 e. The quantitative estimate of drug-likeness (QED) is 0.913. The number of hydrogen-bond donors (Lipinski definition) is 1. The highest BCUT2D eigenvalue weighted by Crippen LogP contribution is 2.20. The number of pyridine rings is 1. The molecule has 1 aromatic heterocycles. The molecule has 0 amide bonds. The van der Waals surface area contributed by atoms with Crippen LogP contribution >= 0.6 is 0 Å². The van der Waals surface area contributed by atoms with Crippen LogP contribution in [0.3, 0.4) is 0 Å². The van der Waals surface area contributed by atoms with Gasteiger partial charge in [-0.05, 0) is 43.5 Å². The summed E-state index contributed by atoms with van der Waals surface area (Å²) in [6.45, 7) is 3.95. The van der Waals surface area contributed by atoms with Crippen LogP contribution in [-0.4, -0.2) is 16.1 Å². The zero-order valence-electron chi connectivity index (χ0n) is 11.1. The second kappa shape index (κ2) is 5.65. The number of aryl methyl sites for hydroxylation is 2. The summed E-state index contributed by atoms with van der Waals surface area (Å²) < 4.78 is 0. The summed E-state index contributed by atoms with van der Waals surface area (Å²) in [5.74, 6) is -1.43. The normalized spacial score (nSPS) is 12.1. The predicted molar refractivity (Wildman–Crippen MR) is 74.2 cm³/mol. The fourth-order valence-electron chi connectivity index (χ4n) is 2.03. The van der Waals surface area contributed by atoms with Crippen molar-refractivity contribution in [1.82, 2.24) is 4.98 Å². The van der Waals surface area contributed by atoms with Crippen LogP contribution in [-0.2, 0) is 11.2 Å². The average Bonchev–Trinajstić information content (AvgIpc) is 2.37. The number of rotatable bonds is 4. The molecular weight excluding hydrogens is 238 g/mol. The highest BCUT2D eigenvalue weighted by Gasteiger charge is 2.21. The van der Waals surface area contributed by atoms with Gasteiger partial charge in [-0.3, -0.25) is 9.78 Å². The summed E-state index contributed by atoms with van der Waals surface area (Å²) >= 11 is 0. The van der Waals surface area contributed by atoms with Gasteiger partial charge in [-0.1, -0.05) is 29.8 Å². The molecule has 98 valence electrons. The minimum atomic E-state index is -0.835. The van der Waals surface area contributed by atoms with Crippen LogP contribution in [0, 0.1) is 13.8 Å². The molecule has 19 heavy (non-hydrogen) atoms. The average molecular weight is 255 g/mol. The van der Waals surface area contributed by atoms with Gasteiger partial charge in [-0.25, -0.2) is 0 Å². The summed E-state index contributed by atoms with van der Waals surface area (Å²) in [7, 11) is 0. The molecule has 1 atom stereocenters. The van der Waals surface area contributed by atoms with Crippen molar-refractivity contribution in [3.8, 4) is 0 Å². The van der Waals surface area contributed by atoms with Crippen LogP contribution in [0.15, 0.2) is 42.6 Å². The van der Waals surface area contributed by atoms with Crippen LogP contribution in [0.2, 0.25) is 0 Å². The van der Waals surface area contributed by atoms with E-state index in [9.17, 15) is 9.90 Å². The minimum absolute atomic E-state index is 0.464. The molecule has 1 aromatic carbocycles. The van der Waals surface area contributed by atoms with Crippen molar-refractivity contribution in [2.45, 2.75) is 26.2 Å². The van der Waals surface area contributed by atoms with Crippen LogP contribution in [0.5, 0.6) is 0 Å². The van der Waals surface area contributed by atoms with Gasteiger partial charge >= 0.3 is 5.97 Å². The molecule has 0 saturated heterocycles. The Labute approximate surface area is 112 Å². The van der Waals surface area contributed by atoms with E-state index in [1.165, 1.54) is 5.56 Å². The molecule has 2 aromatic rings. The largest absolute Gasteiger partial charge is 0.481 e. The lowest BCUT2D eigenvalue weighted by Gasteiger charge is -2.12. The lowest BCUT2D eigenvalue weighted by atomic mass is 9.94. The molecule has 0 spiro atoms. The standard InChI is InChI=1S/C16H17NO2/c1-11-3-5-13(6-4-11)10-14(16(18)19)15-9-12(2)7-8-17-15/h3-9,14H,10H2,1-2H3,(H,18,19). The van der Waals surface area contributed by atoms with E-state index in [4.69, 9.17) is 0 Å². The third-order valence-corrected chi connectivity index (χ3v) is 3.15. The highest BCUT2D eigenvalue weighted by atomic mass is 16.4. The Morgan fingerprint density at radius 3 is 2.42 bits per heavy atom. The van der Waals surface area contributed by atoms with Crippen LogP contribution in [0.25, 0.3) is 0 Å². The molecular formula is C16H17NO2. The van der Waals surface area contributed by atoms with Crippen molar-refractivity contribution in [3.05, 3.63) is 65.0 Å². The molecule has 0 radical (unpaired) electrons. The van der Waals surface area contributed by atoms with Gasteiger partial charge in [0.05, 0.1) is 5.69 Å². The fraction of sp³-hybridized carbons (Fsp3) is 0.250. The van der Waals surface area contributed by atoms with Crippen molar-refractivity contribution in [2.75, 3.05) is 0 Å². The summed E-state index contributed by atoms with van der Waals surface area (Å²) in [4.78, 5) is 15.6. The fourth-order valence-corrected chi connectivity index (χ4v) is 2.03. The predicted octanol–water partition coefficient (Wildman–Crippen LogP) is 3.11. The Bertz CT molecular complexity index is 576. The Kier molecular flexibility index (Phi) is 3.95. The van der Waals surface area contributed by atoms with Crippen molar-refractivity contribution in [2.24, 2.45) is 0 Å². The number of carboxylic acids is 1. The second-order valence-corrected chi connectivity index (χ2v) is 4.84. The summed E-state index contributed by atoms with van der Waals surface area (Å²) in [6.07, 6.45) is 2.13. The van der Waals surface area contributed by atoms with Gasteiger partial charge in [0.15, 0.2) is 0 Å². The van der Waals surface area contributed by atoms with Gasteiger partial charge in [-0.15, -0.1) is 0 Å². The number of hydrogen-bond acceptors (Lipinski definition) is 2. The third kappa shape index (κ3) is 3.41. The number of benzene rings is 1. The van der Waals surface area contributed by atoms with Crippen LogP contribution in [0.1, 0.15) is 28.3 Å². The van der Waals surface area contributed by atoms with Gasteiger partial charge in [0.1, 0.15) is 5.92 Å². The molecule has 0 fully saturated rings. The Morgan fingerprint density at radius 1 is 1.16 bits per heavy atom. The maximum Gasteiger partial charge on any atom is 0.312 e. The van der Waals surface area contributed by atoms with E-state index in [0.29, 0.717) is 12.1 Å². The Balaban J connectivity index is 2.26. The first-order valence-electron chi connectivity index (χ1n) is 6.27. The molecule has 0 aliphatic heterocycles. The van der Waals surface area contributed by atoms with Gasteiger partial charge in [-0.2, -0.15) is 0 Å². The molecule has 0 saturated carbocycles. The first kappa shape index (κ1) is 13.3. The minimum Gasteiger partial charge on any atom is -0.481 e. The summed E-state index contributed by atoms with van der Waals surface area (Å²) in [5.41, 5.74) is 3.83. The van der Waals surface area contributed by atoms with Crippen molar-refractivity contribution < 1.29 is 9.90 Å². The van der Waals surface area contributed by atoms with Crippen molar-refractivity contribution in [1.29, 1.82) is 0 Å².